The van der Waals surface area contributed by atoms with E-state index in [4.69, 9.17) is 0 Å². The van der Waals surface area contributed by atoms with Crippen molar-refractivity contribution in [2.45, 2.75) is 12.7 Å². The van der Waals surface area contributed by atoms with E-state index in [2.05, 4.69) is 20.3 Å². The number of fused-ring (bicyclic) bond motifs is 1. The third-order valence-corrected chi connectivity index (χ3v) is 3.08. The van der Waals surface area contributed by atoms with Gasteiger partial charge < -0.3 is 5.32 Å². The number of pyridine rings is 1. The number of nitrogens with one attached hydrogen (secondary N) is 1. The van der Waals surface area contributed by atoms with E-state index in [1.807, 2.05) is 0 Å². The molecule has 0 saturated carbocycles. The van der Waals surface area contributed by atoms with Gasteiger partial charge in [-0.1, -0.05) is 0 Å². The molecule has 1 amide bonds. The first-order valence-electron chi connectivity index (χ1n) is 6.52. The van der Waals surface area contributed by atoms with E-state index >= 15 is 0 Å². The number of amides is 1. The zero-order valence-corrected chi connectivity index (χ0v) is 11.6. The van der Waals surface area contributed by atoms with E-state index in [-0.39, 0.29) is 12.2 Å². The Hall–Kier alpha value is -2.97. The van der Waals surface area contributed by atoms with Gasteiger partial charge in [0.05, 0.1) is 5.56 Å². The Morgan fingerprint density at radius 3 is 2.70 bits per heavy atom. The van der Waals surface area contributed by atoms with Crippen LogP contribution in [0.4, 0.5) is 13.2 Å². The summed E-state index contributed by atoms with van der Waals surface area (Å²) in [6, 6.07) is 1.86. The Kier molecular flexibility index (Phi) is 3.68. The highest BCUT2D eigenvalue weighted by atomic mass is 19.4. The molecule has 0 aliphatic rings. The lowest BCUT2D eigenvalue weighted by atomic mass is 10.2. The number of imidazole rings is 1. The Morgan fingerprint density at radius 2 is 2.00 bits per heavy atom. The monoisotopic (exact) mass is 321 g/mol. The molecule has 118 valence electrons. The second-order valence-corrected chi connectivity index (χ2v) is 4.71. The SMILES string of the molecule is O=C(NCc1cnc2nccn2c1)c1ccc(C(F)(F)F)cn1. The summed E-state index contributed by atoms with van der Waals surface area (Å²) in [6.45, 7) is 0.169. The number of carbonyl (C=O) groups is 1. The number of halogens is 3. The molecule has 0 saturated heterocycles. The van der Waals surface area contributed by atoms with Gasteiger partial charge >= 0.3 is 6.18 Å². The molecule has 0 spiro atoms. The van der Waals surface area contributed by atoms with Crippen molar-refractivity contribution in [3.8, 4) is 0 Å². The van der Waals surface area contributed by atoms with Crippen molar-refractivity contribution in [1.82, 2.24) is 24.7 Å². The molecule has 3 heterocycles. The van der Waals surface area contributed by atoms with Crippen LogP contribution in [-0.4, -0.2) is 25.3 Å². The molecular formula is C14H10F3N5O. The maximum Gasteiger partial charge on any atom is 0.417 e. The second-order valence-electron chi connectivity index (χ2n) is 4.71. The van der Waals surface area contributed by atoms with Crippen molar-refractivity contribution in [1.29, 1.82) is 0 Å². The molecular weight excluding hydrogens is 311 g/mol. The lowest BCUT2D eigenvalue weighted by Crippen LogP contribution is -2.24. The molecule has 0 atom stereocenters. The quantitative estimate of drug-likeness (QED) is 0.801. The average Bonchev–Trinajstić information content (AvgIpc) is 2.99. The van der Waals surface area contributed by atoms with Gasteiger partial charge in [-0.25, -0.2) is 9.97 Å². The van der Waals surface area contributed by atoms with E-state index in [0.29, 0.717) is 12.0 Å². The number of hydrogen-bond acceptors (Lipinski definition) is 4. The predicted molar refractivity (Wildman–Crippen MR) is 73.4 cm³/mol. The molecule has 3 aromatic heterocycles. The van der Waals surface area contributed by atoms with Crippen LogP contribution in [0.3, 0.4) is 0 Å². The van der Waals surface area contributed by atoms with Crippen molar-refractivity contribution < 1.29 is 18.0 Å². The summed E-state index contributed by atoms with van der Waals surface area (Å²) in [5.74, 6) is -0.0334. The Bertz CT molecular complexity index is 841. The van der Waals surface area contributed by atoms with Crippen LogP contribution in [0.15, 0.2) is 43.1 Å². The van der Waals surface area contributed by atoms with E-state index < -0.39 is 17.6 Å². The molecule has 0 radical (unpaired) electrons. The zero-order valence-electron chi connectivity index (χ0n) is 11.6. The first-order valence-corrected chi connectivity index (χ1v) is 6.52. The predicted octanol–water partition coefficient (Wildman–Crippen LogP) is 2.07. The molecule has 3 aromatic rings. The van der Waals surface area contributed by atoms with E-state index in [9.17, 15) is 18.0 Å². The molecule has 3 rings (SSSR count). The van der Waals surface area contributed by atoms with Gasteiger partial charge in [0.1, 0.15) is 5.69 Å². The fourth-order valence-corrected chi connectivity index (χ4v) is 1.92. The minimum absolute atomic E-state index is 0.0883. The topological polar surface area (TPSA) is 72.2 Å². The van der Waals surface area contributed by atoms with Gasteiger partial charge in [0, 0.05) is 43.1 Å². The fourth-order valence-electron chi connectivity index (χ4n) is 1.92. The molecule has 0 bridgehead atoms. The summed E-state index contributed by atoms with van der Waals surface area (Å²) in [6.07, 6.45) is 2.77. The first-order chi connectivity index (χ1) is 10.9. The van der Waals surface area contributed by atoms with Crippen molar-refractivity contribution in [3.05, 3.63) is 59.9 Å². The summed E-state index contributed by atoms with van der Waals surface area (Å²) >= 11 is 0. The summed E-state index contributed by atoms with van der Waals surface area (Å²) in [5, 5.41) is 2.57. The third-order valence-electron chi connectivity index (χ3n) is 3.08. The summed E-state index contributed by atoms with van der Waals surface area (Å²) in [5.41, 5.74) is -0.269. The Labute approximate surface area is 128 Å². The van der Waals surface area contributed by atoms with Crippen LogP contribution < -0.4 is 5.32 Å². The zero-order chi connectivity index (χ0) is 16.4. The van der Waals surface area contributed by atoms with Crippen LogP contribution in [0, 0.1) is 0 Å². The Morgan fingerprint density at radius 1 is 1.17 bits per heavy atom. The highest BCUT2D eigenvalue weighted by molar-refractivity contribution is 5.92. The van der Waals surface area contributed by atoms with E-state index in [1.54, 1.807) is 29.2 Å². The van der Waals surface area contributed by atoms with Crippen molar-refractivity contribution in [2.75, 3.05) is 0 Å². The largest absolute Gasteiger partial charge is 0.417 e. The molecule has 0 aliphatic heterocycles. The molecule has 0 unspecified atom stereocenters. The second kappa shape index (κ2) is 5.67. The highest BCUT2D eigenvalue weighted by Gasteiger charge is 2.30. The van der Waals surface area contributed by atoms with E-state index in [1.165, 1.54) is 0 Å². The minimum Gasteiger partial charge on any atom is -0.347 e. The van der Waals surface area contributed by atoms with Gasteiger partial charge in [0.25, 0.3) is 5.91 Å². The van der Waals surface area contributed by atoms with Gasteiger partial charge in [-0.05, 0) is 12.1 Å². The van der Waals surface area contributed by atoms with Crippen LogP contribution in [0.25, 0.3) is 5.78 Å². The first kappa shape index (κ1) is 14.9. The van der Waals surface area contributed by atoms with Crippen molar-refractivity contribution in [3.63, 3.8) is 0 Å². The van der Waals surface area contributed by atoms with Crippen LogP contribution in [0.1, 0.15) is 21.6 Å². The van der Waals surface area contributed by atoms with Gasteiger partial charge in [-0.3, -0.25) is 14.2 Å². The number of aromatic nitrogens is 4. The van der Waals surface area contributed by atoms with Gasteiger partial charge in [0.2, 0.25) is 5.78 Å². The molecule has 9 heteroatoms. The highest BCUT2D eigenvalue weighted by Crippen LogP contribution is 2.28. The molecule has 0 fully saturated rings. The molecule has 6 nitrogen and oxygen atoms in total. The van der Waals surface area contributed by atoms with Crippen molar-refractivity contribution >= 4 is 11.7 Å². The van der Waals surface area contributed by atoms with Crippen LogP contribution in [0.5, 0.6) is 0 Å². The smallest absolute Gasteiger partial charge is 0.347 e. The van der Waals surface area contributed by atoms with E-state index in [0.717, 1.165) is 17.7 Å². The molecule has 1 N–H and O–H groups in total. The number of carbonyl (C=O) groups excluding carboxylic acids is 1. The Balaban J connectivity index is 1.66. The molecule has 23 heavy (non-hydrogen) atoms. The summed E-state index contributed by atoms with van der Waals surface area (Å²) in [4.78, 5) is 23.5. The number of hydrogen-bond donors (Lipinski definition) is 1. The minimum atomic E-state index is -4.48. The maximum absolute atomic E-state index is 12.4. The number of nitrogens with zero attached hydrogens (tertiary/aromatic N) is 4. The number of rotatable bonds is 3. The van der Waals surface area contributed by atoms with Crippen LogP contribution in [-0.2, 0) is 12.7 Å². The molecule has 0 aliphatic carbocycles. The lowest BCUT2D eigenvalue weighted by molar-refractivity contribution is -0.137. The summed E-state index contributed by atoms with van der Waals surface area (Å²) < 4.78 is 39.0. The third kappa shape index (κ3) is 3.28. The fraction of sp³-hybridized carbons (Fsp3) is 0.143. The van der Waals surface area contributed by atoms with Gasteiger partial charge in [0.15, 0.2) is 0 Å². The maximum atomic E-state index is 12.4. The van der Waals surface area contributed by atoms with Crippen molar-refractivity contribution in [2.24, 2.45) is 0 Å². The normalized spacial score (nSPS) is 11.6. The lowest BCUT2D eigenvalue weighted by Gasteiger charge is -2.08. The average molecular weight is 321 g/mol. The van der Waals surface area contributed by atoms with Gasteiger partial charge in [-0.15, -0.1) is 0 Å². The number of alkyl halides is 3. The van der Waals surface area contributed by atoms with Crippen LogP contribution in [0.2, 0.25) is 0 Å². The summed E-state index contributed by atoms with van der Waals surface area (Å²) in [7, 11) is 0. The van der Waals surface area contributed by atoms with Gasteiger partial charge in [-0.2, -0.15) is 13.2 Å². The molecule has 0 aromatic carbocycles. The van der Waals surface area contributed by atoms with Crippen LogP contribution >= 0.6 is 0 Å². The standard InChI is InChI=1S/C14H10F3N5O/c15-14(16,17)10-1-2-11(19-7-10)12(23)20-5-9-6-21-13-18-3-4-22(13)8-9/h1-4,6-8H,5H2,(H,20,23).